The number of nitriles is 1. The highest BCUT2D eigenvalue weighted by atomic mass is 16.3. The van der Waals surface area contributed by atoms with Gasteiger partial charge in [-0.05, 0) is 30.0 Å². The number of amides is 1. The van der Waals surface area contributed by atoms with Crippen molar-refractivity contribution < 1.29 is 14.0 Å². The number of hydrogen-bond acceptors (Lipinski definition) is 4. The second-order valence-corrected chi connectivity index (χ2v) is 6.44. The van der Waals surface area contributed by atoms with Crippen LogP contribution in [0.4, 0.5) is 5.69 Å². The molecule has 1 saturated carbocycles. The number of rotatable bonds is 5. The molecule has 128 valence electrons. The Labute approximate surface area is 150 Å². The molecule has 1 aliphatic carbocycles. The topological polar surface area (TPSA) is 83.1 Å². The largest absolute Gasteiger partial charge is 0.469 e. The Bertz CT molecular complexity index is 1010. The number of hydrogen-bond donors (Lipinski definition) is 1. The Hall–Kier alpha value is -3.39. The van der Waals surface area contributed by atoms with Crippen LogP contribution in [0.15, 0.2) is 65.3 Å². The quantitative estimate of drug-likeness (QED) is 0.712. The lowest BCUT2D eigenvalue weighted by atomic mass is 9.99. The van der Waals surface area contributed by atoms with Crippen molar-refractivity contribution in [2.45, 2.75) is 12.3 Å². The molecule has 5 nitrogen and oxygen atoms in total. The van der Waals surface area contributed by atoms with Gasteiger partial charge in [0, 0.05) is 22.9 Å². The summed E-state index contributed by atoms with van der Waals surface area (Å²) in [6.45, 7) is 0. The summed E-state index contributed by atoms with van der Waals surface area (Å²) in [7, 11) is 0. The number of ketones is 1. The third kappa shape index (κ3) is 2.86. The third-order valence-electron chi connectivity index (χ3n) is 4.79. The van der Waals surface area contributed by atoms with E-state index in [1.165, 1.54) is 0 Å². The van der Waals surface area contributed by atoms with Gasteiger partial charge in [0.25, 0.3) is 0 Å². The molecule has 0 bridgehead atoms. The molecule has 1 fully saturated rings. The van der Waals surface area contributed by atoms with Gasteiger partial charge in [-0.1, -0.05) is 36.4 Å². The van der Waals surface area contributed by atoms with Crippen molar-refractivity contribution in [1.29, 1.82) is 5.26 Å². The summed E-state index contributed by atoms with van der Waals surface area (Å²) in [5, 5.41) is 14.0. The third-order valence-corrected chi connectivity index (χ3v) is 4.79. The molecule has 3 aromatic rings. The lowest BCUT2D eigenvalue weighted by molar-refractivity contribution is -0.129. The first-order chi connectivity index (χ1) is 12.7. The summed E-state index contributed by atoms with van der Waals surface area (Å²) in [6.07, 6.45) is 2.18. The molecule has 3 atom stereocenters. The number of nitrogens with zero attached hydrogens (tertiary/aromatic N) is 1. The predicted molar refractivity (Wildman–Crippen MR) is 96.2 cm³/mol. The van der Waals surface area contributed by atoms with Crippen LogP contribution in [-0.4, -0.2) is 11.7 Å². The van der Waals surface area contributed by atoms with Crippen molar-refractivity contribution in [3.05, 3.63) is 66.6 Å². The van der Waals surface area contributed by atoms with Gasteiger partial charge in [-0.15, -0.1) is 0 Å². The van der Waals surface area contributed by atoms with Crippen LogP contribution in [0.2, 0.25) is 0 Å². The van der Waals surface area contributed by atoms with E-state index in [1.54, 1.807) is 18.4 Å². The average molecular weight is 344 g/mol. The van der Waals surface area contributed by atoms with Crippen LogP contribution in [0.1, 0.15) is 18.1 Å². The maximum absolute atomic E-state index is 12.6. The number of benzene rings is 2. The first-order valence-electron chi connectivity index (χ1n) is 8.44. The molecule has 1 aliphatic rings. The Morgan fingerprint density at radius 3 is 2.69 bits per heavy atom. The molecule has 0 spiro atoms. The molecule has 1 aromatic heterocycles. The molecule has 1 N–H and O–H groups in total. The Balaban J connectivity index is 1.51. The molecule has 0 saturated heterocycles. The van der Waals surface area contributed by atoms with E-state index in [0.29, 0.717) is 12.1 Å². The fourth-order valence-corrected chi connectivity index (χ4v) is 3.33. The van der Waals surface area contributed by atoms with Crippen LogP contribution >= 0.6 is 0 Å². The van der Waals surface area contributed by atoms with E-state index in [4.69, 9.17) is 4.42 Å². The van der Waals surface area contributed by atoms with Gasteiger partial charge in [-0.25, -0.2) is 0 Å². The van der Waals surface area contributed by atoms with Gasteiger partial charge >= 0.3 is 0 Å². The van der Waals surface area contributed by atoms with Gasteiger partial charge < -0.3 is 9.73 Å². The molecule has 5 heteroatoms. The summed E-state index contributed by atoms with van der Waals surface area (Å²) >= 11 is 0. The molecule has 4 rings (SSSR count). The minimum atomic E-state index is -1.32. The normalized spacial score (nSPS) is 19.5. The molecule has 0 radical (unpaired) electrons. The molecule has 0 unspecified atom stereocenters. The molecule has 2 aromatic carbocycles. The van der Waals surface area contributed by atoms with E-state index in [1.807, 2.05) is 48.5 Å². The summed E-state index contributed by atoms with van der Waals surface area (Å²) in [6, 6.07) is 18.6. The van der Waals surface area contributed by atoms with Crippen molar-refractivity contribution in [3.8, 4) is 6.07 Å². The summed E-state index contributed by atoms with van der Waals surface area (Å²) in [5.41, 5.74) is 0.597. The van der Waals surface area contributed by atoms with Crippen molar-refractivity contribution in [1.82, 2.24) is 0 Å². The van der Waals surface area contributed by atoms with Gasteiger partial charge in [0.1, 0.15) is 5.76 Å². The van der Waals surface area contributed by atoms with Crippen LogP contribution in [0, 0.1) is 23.2 Å². The monoisotopic (exact) mass is 344 g/mol. The minimum Gasteiger partial charge on any atom is -0.469 e. The Morgan fingerprint density at radius 1 is 1.12 bits per heavy atom. The maximum atomic E-state index is 12.6. The number of anilines is 1. The fraction of sp³-hybridized carbons (Fsp3) is 0.190. The molecule has 1 amide bonds. The predicted octanol–water partition coefficient (Wildman–Crippen LogP) is 3.88. The number of carbonyl (C=O) groups excluding carboxylic acids is 2. The number of Topliss-reactive ketones (excluding diaryl/α,β-unsaturated/α-hetero) is 1. The van der Waals surface area contributed by atoms with Crippen LogP contribution in [0.3, 0.4) is 0 Å². The summed E-state index contributed by atoms with van der Waals surface area (Å²) < 4.78 is 5.32. The minimum absolute atomic E-state index is 0.0290. The van der Waals surface area contributed by atoms with Crippen LogP contribution < -0.4 is 5.32 Å². The van der Waals surface area contributed by atoms with E-state index in [9.17, 15) is 14.9 Å². The van der Waals surface area contributed by atoms with E-state index in [2.05, 4.69) is 5.32 Å². The smallest absolute Gasteiger partial charge is 0.249 e. The van der Waals surface area contributed by atoms with E-state index in [-0.39, 0.29) is 17.6 Å². The second-order valence-electron chi connectivity index (χ2n) is 6.44. The molecule has 1 heterocycles. The average Bonchev–Trinajstić information content (AvgIpc) is 3.27. The lowest BCUT2D eigenvalue weighted by Gasteiger charge is -2.11. The Kier molecular flexibility index (Phi) is 4.02. The highest BCUT2D eigenvalue weighted by Gasteiger charge is 2.49. The van der Waals surface area contributed by atoms with Crippen molar-refractivity contribution in [3.63, 3.8) is 0 Å². The fourth-order valence-electron chi connectivity index (χ4n) is 3.33. The van der Waals surface area contributed by atoms with Crippen molar-refractivity contribution in [2.24, 2.45) is 11.8 Å². The standard InChI is InChI=1S/C21H16N2O3/c22-12-17(20(24)16-11-15(16)19-9-4-10-26-19)21(25)23-18-8-3-6-13-5-1-2-7-14(13)18/h1-10,15-17H,11H2,(H,23,25)/t15-,16-,17+/m1/s1. The van der Waals surface area contributed by atoms with E-state index >= 15 is 0 Å². The molecule has 0 aliphatic heterocycles. The van der Waals surface area contributed by atoms with Gasteiger partial charge in [0.2, 0.25) is 5.91 Å². The van der Waals surface area contributed by atoms with Crippen LogP contribution in [0.5, 0.6) is 0 Å². The zero-order valence-corrected chi connectivity index (χ0v) is 13.9. The van der Waals surface area contributed by atoms with Gasteiger partial charge in [-0.3, -0.25) is 9.59 Å². The molecular formula is C21H16N2O3. The van der Waals surface area contributed by atoms with Gasteiger partial charge in [0.15, 0.2) is 11.7 Å². The number of furan rings is 1. The molecule has 26 heavy (non-hydrogen) atoms. The van der Waals surface area contributed by atoms with Gasteiger partial charge in [0.05, 0.1) is 12.3 Å². The lowest BCUT2D eigenvalue weighted by Crippen LogP contribution is -2.30. The highest BCUT2D eigenvalue weighted by molar-refractivity contribution is 6.13. The van der Waals surface area contributed by atoms with E-state index < -0.39 is 11.8 Å². The number of nitrogens with one attached hydrogen (secondary N) is 1. The highest BCUT2D eigenvalue weighted by Crippen LogP contribution is 2.49. The first-order valence-corrected chi connectivity index (χ1v) is 8.44. The molecular weight excluding hydrogens is 328 g/mol. The SMILES string of the molecule is N#C[C@H](C(=O)Nc1cccc2ccccc12)C(=O)[C@@H]1C[C@H]1c1ccco1. The number of carbonyl (C=O) groups is 2. The zero-order valence-electron chi connectivity index (χ0n) is 13.9. The second kappa shape index (κ2) is 6.49. The van der Waals surface area contributed by atoms with E-state index in [0.717, 1.165) is 16.5 Å². The van der Waals surface area contributed by atoms with Crippen molar-refractivity contribution in [2.75, 3.05) is 5.32 Å². The number of fused-ring (bicyclic) bond motifs is 1. The summed E-state index contributed by atoms with van der Waals surface area (Å²) in [5.74, 6) is -1.87. The van der Waals surface area contributed by atoms with Crippen molar-refractivity contribution >= 4 is 28.2 Å². The zero-order chi connectivity index (χ0) is 18.1. The van der Waals surface area contributed by atoms with Crippen LogP contribution in [0.25, 0.3) is 10.8 Å². The van der Waals surface area contributed by atoms with Crippen LogP contribution in [-0.2, 0) is 9.59 Å². The first kappa shape index (κ1) is 16.1. The summed E-state index contributed by atoms with van der Waals surface area (Å²) in [4.78, 5) is 25.2. The van der Waals surface area contributed by atoms with Gasteiger partial charge in [-0.2, -0.15) is 5.26 Å². The Morgan fingerprint density at radius 2 is 1.92 bits per heavy atom. The maximum Gasteiger partial charge on any atom is 0.249 e.